The first kappa shape index (κ1) is 9.44. The van der Waals surface area contributed by atoms with E-state index in [-0.39, 0.29) is 0 Å². The maximum Gasteiger partial charge on any atom is 0.136 e. The summed E-state index contributed by atoms with van der Waals surface area (Å²) in [4.78, 5) is 11.7. The lowest BCUT2D eigenvalue weighted by Crippen LogP contribution is -2.45. The summed E-state index contributed by atoms with van der Waals surface area (Å²) in [7, 11) is -1.07. The minimum absolute atomic E-state index is 0.469. The van der Waals surface area contributed by atoms with Gasteiger partial charge >= 0.3 is 0 Å². The molecule has 13 heavy (non-hydrogen) atoms. The molecular formula is C11H20OSi. The summed E-state index contributed by atoms with van der Waals surface area (Å²) >= 11 is 0. The van der Waals surface area contributed by atoms with E-state index < -0.39 is 8.07 Å². The van der Waals surface area contributed by atoms with Crippen molar-refractivity contribution in [3.8, 4) is 0 Å². The van der Waals surface area contributed by atoms with Crippen LogP contribution in [0, 0.1) is 11.8 Å². The highest BCUT2D eigenvalue weighted by Gasteiger charge is 2.46. The zero-order chi connectivity index (χ0) is 9.64. The molecule has 3 fully saturated rings. The molecule has 3 rings (SSSR count). The van der Waals surface area contributed by atoms with E-state index >= 15 is 0 Å². The predicted octanol–water partition coefficient (Wildman–Crippen LogP) is 3.08. The molecule has 0 unspecified atom stereocenters. The molecule has 0 aliphatic heterocycles. The van der Waals surface area contributed by atoms with Crippen molar-refractivity contribution >= 4 is 13.9 Å². The topological polar surface area (TPSA) is 17.1 Å². The van der Waals surface area contributed by atoms with Crippen LogP contribution in [-0.4, -0.2) is 13.9 Å². The minimum Gasteiger partial charge on any atom is -0.299 e. The molecule has 3 aliphatic carbocycles. The quantitative estimate of drug-likeness (QED) is 0.589. The van der Waals surface area contributed by atoms with Gasteiger partial charge in [0.15, 0.2) is 0 Å². The lowest BCUT2D eigenvalue weighted by molar-refractivity contribution is -0.129. The second-order valence-corrected chi connectivity index (χ2v) is 11.4. The normalized spacial score (nSPS) is 39.6. The van der Waals surface area contributed by atoms with E-state index in [1.165, 1.54) is 19.3 Å². The van der Waals surface area contributed by atoms with Crippen LogP contribution in [0.15, 0.2) is 0 Å². The fourth-order valence-electron chi connectivity index (χ4n) is 3.22. The summed E-state index contributed by atoms with van der Waals surface area (Å²) in [6.45, 7) is 7.27. The van der Waals surface area contributed by atoms with Gasteiger partial charge in [-0.1, -0.05) is 19.6 Å². The number of carbonyl (C=O) groups excluding carboxylic acids is 1. The van der Waals surface area contributed by atoms with Crippen LogP contribution in [-0.2, 0) is 4.79 Å². The van der Waals surface area contributed by atoms with Crippen LogP contribution in [0.5, 0.6) is 0 Å². The highest BCUT2D eigenvalue weighted by molar-refractivity contribution is 6.77. The molecule has 0 aromatic carbocycles. The van der Waals surface area contributed by atoms with E-state index in [9.17, 15) is 4.79 Å². The summed E-state index contributed by atoms with van der Waals surface area (Å²) in [5.74, 6) is 1.82. The van der Waals surface area contributed by atoms with Crippen LogP contribution in [0.4, 0.5) is 0 Å². The Kier molecular flexibility index (Phi) is 2.14. The first-order chi connectivity index (χ1) is 5.98. The molecule has 0 spiro atoms. The molecule has 0 aromatic rings. The van der Waals surface area contributed by atoms with Gasteiger partial charge in [-0.15, -0.1) is 0 Å². The highest BCUT2D eigenvalue weighted by atomic mass is 28.3. The Labute approximate surface area is 81.9 Å². The van der Waals surface area contributed by atoms with Gasteiger partial charge < -0.3 is 0 Å². The van der Waals surface area contributed by atoms with Crippen molar-refractivity contribution in [1.29, 1.82) is 0 Å². The number of hydrogen-bond acceptors (Lipinski definition) is 1. The number of fused-ring (bicyclic) bond motifs is 3. The van der Waals surface area contributed by atoms with Crippen molar-refractivity contribution in [1.82, 2.24) is 0 Å². The molecule has 2 heteroatoms. The lowest BCUT2D eigenvalue weighted by atomic mass is 9.69. The number of ketones is 1. The highest BCUT2D eigenvalue weighted by Crippen LogP contribution is 2.50. The first-order valence-corrected chi connectivity index (χ1v) is 9.09. The molecule has 3 atom stereocenters. The SMILES string of the molecule is C[Si](C)(C)[C@@H]1C[C@H]2CC[C@@H]1C(=O)C2. The van der Waals surface area contributed by atoms with Crippen LogP contribution in [0.25, 0.3) is 0 Å². The number of rotatable bonds is 1. The van der Waals surface area contributed by atoms with Gasteiger partial charge in [-0.3, -0.25) is 4.79 Å². The molecule has 2 bridgehead atoms. The van der Waals surface area contributed by atoms with Crippen LogP contribution >= 0.6 is 0 Å². The Balaban J connectivity index is 2.19. The third-order valence-corrected chi connectivity index (χ3v) is 6.84. The van der Waals surface area contributed by atoms with Crippen LogP contribution < -0.4 is 0 Å². The molecule has 74 valence electrons. The molecule has 1 nitrogen and oxygen atoms in total. The molecule has 0 aromatic heterocycles. The molecule has 0 N–H and O–H groups in total. The van der Waals surface area contributed by atoms with Crippen molar-refractivity contribution in [2.24, 2.45) is 11.8 Å². The zero-order valence-electron chi connectivity index (χ0n) is 8.97. The molecule has 3 saturated carbocycles. The predicted molar refractivity (Wildman–Crippen MR) is 57.6 cm³/mol. The molecule has 0 amide bonds. The van der Waals surface area contributed by atoms with Gasteiger partial charge in [-0.05, 0) is 30.7 Å². The van der Waals surface area contributed by atoms with Gasteiger partial charge in [0.1, 0.15) is 5.78 Å². The Bertz CT molecular complexity index is 229. The van der Waals surface area contributed by atoms with Crippen molar-refractivity contribution < 1.29 is 4.79 Å². The van der Waals surface area contributed by atoms with E-state index in [0.717, 1.165) is 17.9 Å². The van der Waals surface area contributed by atoms with Crippen molar-refractivity contribution in [2.45, 2.75) is 50.9 Å². The molecule has 0 radical (unpaired) electrons. The van der Waals surface area contributed by atoms with Crippen LogP contribution in [0.2, 0.25) is 25.2 Å². The van der Waals surface area contributed by atoms with E-state index in [4.69, 9.17) is 0 Å². The average molecular weight is 196 g/mol. The van der Waals surface area contributed by atoms with Crippen LogP contribution in [0.3, 0.4) is 0 Å². The zero-order valence-corrected chi connectivity index (χ0v) is 9.97. The largest absolute Gasteiger partial charge is 0.299 e. The second kappa shape index (κ2) is 2.94. The maximum absolute atomic E-state index is 11.7. The molecule has 0 heterocycles. The summed E-state index contributed by atoms with van der Waals surface area (Å²) in [5, 5.41) is 0. The minimum atomic E-state index is -1.07. The summed E-state index contributed by atoms with van der Waals surface area (Å²) in [5.41, 5.74) is 0.799. The third kappa shape index (κ3) is 1.61. The molecule has 3 aliphatic rings. The Morgan fingerprint density at radius 1 is 1.23 bits per heavy atom. The van der Waals surface area contributed by atoms with E-state index in [1.807, 2.05) is 0 Å². The Morgan fingerprint density at radius 2 is 1.92 bits per heavy atom. The average Bonchev–Trinajstić information content (AvgIpc) is 2.03. The standard InChI is InChI=1S/C11H20OSi/c1-13(2,3)11-7-8-4-5-9(11)10(12)6-8/h8-9,11H,4-7H2,1-3H3/t8-,9+,11+/m0/s1. The molecular weight excluding hydrogens is 176 g/mol. The maximum atomic E-state index is 11.7. The van der Waals surface area contributed by atoms with Crippen molar-refractivity contribution in [3.63, 3.8) is 0 Å². The number of Topliss-reactive ketones (excluding diaryl/α,β-unsaturated/α-hetero) is 1. The monoisotopic (exact) mass is 196 g/mol. The van der Waals surface area contributed by atoms with E-state index in [0.29, 0.717) is 11.7 Å². The lowest BCUT2D eigenvalue weighted by Gasteiger charge is -2.46. The van der Waals surface area contributed by atoms with Gasteiger partial charge in [-0.2, -0.15) is 0 Å². The van der Waals surface area contributed by atoms with Gasteiger partial charge in [0.05, 0.1) is 0 Å². The molecule has 0 saturated heterocycles. The number of carbonyl (C=O) groups is 1. The summed E-state index contributed by atoms with van der Waals surface area (Å²) in [6, 6.07) is 0. The Hall–Kier alpha value is -0.113. The van der Waals surface area contributed by atoms with Crippen molar-refractivity contribution in [2.75, 3.05) is 0 Å². The smallest absolute Gasteiger partial charge is 0.136 e. The summed E-state index contributed by atoms with van der Waals surface area (Å²) < 4.78 is 0. The fraction of sp³-hybridized carbons (Fsp3) is 0.909. The fourth-order valence-corrected chi connectivity index (χ4v) is 5.82. The third-order valence-electron chi connectivity index (χ3n) is 3.97. The van der Waals surface area contributed by atoms with Gasteiger partial charge in [0, 0.05) is 20.4 Å². The van der Waals surface area contributed by atoms with Crippen molar-refractivity contribution in [3.05, 3.63) is 0 Å². The van der Waals surface area contributed by atoms with E-state index in [1.54, 1.807) is 0 Å². The van der Waals surface area contributed by atoms with Gasteiger partial charge in [0.2, 0.25) is 0 Å². The first-order valence-electron chi connectivity index (χ1n) is 5.51. The second-order valence-electron chi connectivity index (χ2n) is 5.93. The summed E-state index contributed by atoms with van der Waals surface area (Å²) in [6.07, 6.45) is 4.81. The van der Waals surface area contributed by atoms with Gasteiger partial charge in [0.25, 0.3) is 0 Å². The number of hydrogen-bond donors (Lipinski definition) is 0. The van der Waals surface area contributed by atoms with Gasteiger partial charge in [-0.25, -0.2) is 0 Å². The Morgan fingerprint density at radius 3 is 2.31 bits per heavy atom. The van der Waals surface area contributed by atoms with Crippen LogP contribution in [0.1, 0.15) is 25.7 Å². The van der Waals surface area contributed by atoms with E-state index in [2.05, 4.69) is 19.6 Å².